The fourth-order valence-electron chi connectivity index (χ4n) is 0.880. The Hall–Kier alpha value is -0.440. The van der Waals surface area contributed by atoms with E-state index in [2.05, 4.69) is 0 Å². The lowest BCUT2D eigenvalue weighted by Gasteiger charge is -2.10. The van der Waals surface area contributed by atoms with Crippen LogP contribution in [0.5, 0.6) is 0 Å². The molecular formula is C10H8Cl3O2. The van der Waals surface area contributed by atoms with Gasteiger partial charge in [-0.25, -0.2) is 0 Å². The Bertz CT molecular complexity index is 319. The monoisotopic (exact) mass is 265 g/mol. The lowest BCUT2D eigenvalue weighted by molar-refractivity contribution is -0.138. The average Bonchev–Trinajstić information content (AvgIpc) is 2.15. The summed E-state index contributed by atoms with van der Waals surface area (Å²) in [5.41, 5.74) is 0.742. The number of carbonyl (C=O) groups excluding carboxylic acids is 1. The predicted octanol–water partition coefficient (Wildman–Crippen LogP) is 3.15. The van der Waals surface area contributed by atoms with Crippen molar-refractivity contribution in [2.45, 2.75) is 3.79 Å². The highest BCUT2D eigenvalue weighted by atomic mass is 35.6. The summed E-state index contributed by atoms with van der Waals surface area (Å²) in [5.74, 6) is -0.535. The van der Waals surface area contributed by atoms with Gasteiger partial charge in [-0.15, -0.1) is 0 Å². The Morgan fingerprint density at radius 3 is 2.40 bits per heavy atom. The molecule has 0 aliphatic heterocycles. The van der Waals surface area contributed by atoms with Crippen molar-refractivity contribution < 1.29 is 9.53 Å². The van der Waals surface area contributed by atoms with E-state index in [1.807, 2.05) is 18.2 Å². The van der Waals surface area contributed by atoms with Crippen molar-refractivity contribution in [1.82, 2.24) is 0 Å². The number of benzene rings is 1. The number of ether oxygens (including phenoxy) is 1. The number of hydrogen-bond acceptors (Lipinski definition) is 2. The minimum Gasteiger partial charge on any atom is -0.461 e. The Morgan fingerprint density at radius 2 is 1.87 bits per heavy atom. The van der Waals surface area contributed by atoms with Crippen LogP contribution < -0.4 is 0 Å². The molecule has 0 aliphatic carbocycles. The van der Waals surface area contributed by atoms with E-state index in [1.54, 1.807) is 12.1 Å². The van der Waals surface area contributed by atoms with Gasteiger partial charge in [0, 0.05) is 0 Å². The molecule has 0 fully saturated rings. The number of halogens is 3. The SMILES string of the molecule is O=C([CH]c1ccccc1)OCC(Cl)(Cl)Cl. The third-order valence-corrected chi connectivity index (χ3v) is 1.79. The summed E-state index contributed by atoms with van der Waals surface area (Å²) >= 11 is 16.3. The highest BCUT2D eigenvalue weighted by Gasteiger charge is 2.22. The van der Waals surface area contributed by atoms with Gasteiger partial charge in [-0.1, -0.05) is 65.1 Å². The second-order valence-corrected chi connectivity index (χ2v) is 5.29. The van der Waals surface area contributed by atoms with Crippen LogP contribution in [0.2, 0.25) is 0 Å². The lowest BCUT2D eigenvalue weighted by atomic mass is 10.2. The van der Waals surface area contributed by atoms with Crippen LogP contribution in [-0.2, 0) is 9.53 Å². The molecule has 0 amide bonds. The summed E-state index contributed by atoms with van der Waals surface area (Å²) in [5, 5.41) is 0. The quantitative estimate of drug-likeness (QED) is 0.620. The molecule has 0 aliphatic rings. The van der Waals surface area contributed by atoms with E-state index in [9.17, 15) is 4.79 Å². The Labute approximate surface area is 103 Å². The van der Waals surface area contributed by atoms with Crippen LogP contribution in [0.3, 0.4) is 0 Å². The summed E-state index contributed by atoms with van der Waals surface area (Å²) in [4.78, 5) is 11.2. The van der Waals surface area contributed by atoms with E-state index < -0.39 is 9.76 Å². The third-order valence-electron chi connectivity index (χ3n) is 1.46. The molecule has 0 N–H and O–H groups in total. The summed E-state index contributed by atoms with van der Waals surface area (Å²) in [6.45, 7) is -0.264. The van der Waals surface area contributed by atoms with Gasteiger partial charge in [0.2, 0.25) is 3.79 Å². The molecule has 5 heteroatoms. The second-order valence-electron chi connectivity index (χ2n) is 2.78. The molecule has 81 valence electrons. The van der Waals surface area contributed by atoms with Crippen LogP contribution in [0.25, 0.3) is 0 Å². The zero-order chi connectivity index (χ0) is 11.3. The van der Waals surface area contributed by atoms with Gasteiger partial charge < -0.3 is 4.74 Å². The standard InChI is InChI=1S/C10H8Cl3O2/c11-10(12,13)7-15-9(14)6-8-4-2-1-3-5-8/h1-6H,7H2. The second kappa shape index (κ2) is 5.59. The van der Waals surface area contributed by atoms with Crippen LogP contribution in [0.4, 0.5) is 0 Å². The number of esters is 1. The predicted molar refractivity (Wildman–Crippen MR) is 61.1 cm³/mol. The van der Waals surface area contributed by atoms with Crippen molar-refractivity contribution in [3.63, 3.8) is 0 Å². The Morgan fingerprint density at radius 1 is 1.27 bits per heavy atom. The van der Waals surface area contributed by atoms with E-state index in [1.165, 1.54) is 6.42 Å². The maximum absolute atomic E-state index is 11.2. The maximum atomic E-state index is 11.2. The molecule has 1 radical (unpaired) electrons. The molecule has 0 saturated carbocycles. The summed E-state index contributed by atoms with van der Waals surface area (Å²) in [6, 6.07) is 9.03. The minimum atomic E-state index is -1.57. The zero-order valence-electron chi connectivity index (χ0n) is 7.62. The molecule has 0 heterocycles. The largest absolute Gasteiger partial charge is 0.461 e. The molecule has 0 spiro atoms. The highest BCUT2D eigenvalue weighted by Crippen LogP contribution is 2.26. The first-order chi connectivity index (χ1) is 6.97. The van der Waals surface area contributed by atoms with Crippen molar-refractivity contribution in [3.8, 4) is 0 Å². The average molecular weight is 267 g/mol. The van der Waals surface area contributed by atoms with Gasteiger partial charge in [0.05, 0.1) is 6.42 Å². The van der Waals surface area contributed by atoms with Gasteiger partial charge in [-0.3, -0.25) is 4.79 Å². The molecule has 0 atom stereocenters. The van der Waals surface area contributed by atoms with Crippen molar-refractivity contribution in [2.75, 3.05) is 6.61 Å². The van der Waals surface area contributed by atoms with Crippen LogP contribution in [0.1, 0.15) is 5.56 Å². The fourth-order valence-corrected chi connectivity index (χ4v) is 1.04. The minimum absolute atomic E-state index is 0.264. The van der Waals surface area contributed by atoms with Crippen LogP contribution in [-0.4, -0.2) is 16.4 Å². The molecule has 0 bridgehead atoms. The van der Waals surface area contributed by atoms with Gasteiger partial charge in [0.1, 0.15) is 6.61 Å². The van der Waals surface area contributed by atoms with Gasteiger partial charge in [0.15, 0.2) is 0 Å². The van der Waals surface area contributed by atoms with Crippen LogP contribution in [0.15, 0.2) is 30.3 Å². The molecule has 0 saturated heterocycles. The Kier molecular flexibility index (Phi) is 4.71. The highest BCUT2D eigenvalue weighted by molar-refractivity contribution is 6.67. The van der Waals surface area contributed by atoms with Gasteiger partial charge in [0.25, 0.3) is 0 Å². The van der Waals surface area contributed by atoms with Gasteiger partial charge in [-0.05, 0) is 5.56 Å². The first kappa shape index (κ1) is 12.6. The molecule has 1 aromatic carbocycles. The van der Waals surface area contributed by atoms with Crippen LogP contribution in [0, 0.1) is 6.42 Å². The molecular weight excluding hydrogens is 258 g/mol. The van der Waals surface area contributed by atoms with E-state index in [0.29, 0.717) is 0 Å². The van der Waals surface area contributed by atoms with Crippen molar-refractivity contribution in [1.29, 1.82) is 0 Å². The molecule has 1 aromatic rings. The van der Waals surface area contributed by atoms with Gasteiger partial charge >= 0.3 is 5.97 Å². The zero-order valence-corrected chi connectivity index (χ0v) is 9.89. The molecule has 0 unspecified atom stereocenters. The third kappa shape index (κ3) is 5.88. The lowest BCUT2D eigenvalue weighted by Crippen LogP contribution is -2.17. The van der Waals surface area contributed by atoms with Crippen molar-refractivity contribution in [3.05, 3.63) is 42.3 Å². The first-order valence-corrected chi connectivity index (χ1v) is 5.24. The molecule has 0 aromatic heterocycles. The summed E-state index contributed by atoms with van der Waals surface area (Å²) in [7, 11) is 0. The van der Waals surface area contributed by atoms with E-state index in [-0.39, 0.29) is 6.61 Å². The van der Waals surface area contributed by atoms with E-state index >= 15 is 0 Å². The smallest absolute Gasteiger partial charge is 0.314 e. The summed E-state index contributed by atoms with van der Waals surface area (Å²) in [6.07, 6.45) is 1.33. The molecule has 1 rings (SSSR count). The first-order valence-electron chi connectivity index (χ1n) is 4.11. The Balaban J connectivity index is 2.38. The van der Waals surface area contributed by atoms with E-state index in [0.717, 1.165) is 5.56 Å². The number of alkyl halides is 3. The normalized spacial score (nSPS) is 11.1. The fraction of sp³-hybridized carbons (Fsp3) is 0.200. The van der Waals surface area contributed by atoms with Gasteiger partial charge in [-0.2, -0.15) is 0 Å². The van der Waals surface area contributed by atoms with Crippen LogP contribution >= 0.6 is 34.8 Å². The number of hydrogen-bond donors (Lipinski definition) is 0. The number of rotatable bonds is 3. The topological polar surface area (TPSA) is 26.3 Å². The maximum Gasteiger partial charge on any atom is 0.314 e. The van der Waals surface area contributed by atoms with E-state index in [4.69, 9.17) is 39.5 Å². The molecule has 2 nitrogen and oxygen atoms in total. The van der Waals surface area contributed by atoms with Crippen molar-refractivity contribution in [2.24, 2.45) is 0 Å². The van der Waals surface area contributed by atoms with Crippen molar-refractivity contribution >= 4 is 40.8 Å². The number of carbonyl (C=O) groups is 1. The summed E-state index contributed by atoms with van der Waals surface area (Å²) < 4.78 is 3.15. The molecule has 15 heavy (non-hydrogen) atoms.